The Bertz CT molecular complexity index is 575. The highest BCUT2D eigenvalue weighted by Crippen LogP contribution is 2.23. The number of aromatic nitrogens is 2. The van der Waals surface area contributed by atoms with Crippen LogP contribution in [0.4, 0.5) is 0 Å². The van der Waals surface area contributed by atoms with Crippen molar-refractivity contribution in [3.63, 3.8) is 0 Å². The SMILES string of the molecule is CNC(Cc1cc(C)nn1C)c1ccc(C)c(Cl)c1. The maximum Gasteiger partial charge on any atom is 0.0596 e. The van der Waals surface area contributed by atoms with Crippen LogP contribution in [-0.2, 0) is 13.5 Å². The summed E-state index contributed by atoms with van der Waals surface area (Å²) in [7, 11) is 3.96. The van der Waals surface area contributed by atoms with E-state index in [1.54, 1.807) is 0 Å². The molecule has 0 saturated carbocycles. The quantitative estimate of drug-likeness (QED) is 0.930. The fourth-order valence-corrected chi connectivity index (χ4v) is 2.47. The van der Waals surface area contributed by atoms with E-state index >= 15 is 0 Å². The zero-order chi connectivity index (χ0) is 14.0. The van der Waals surface area contributed by atoms with Crippen LogP contribution in [0.1, 0.15) is 28.6 Å². The number of aryl methyl sites for hydroxylation is 3. The predicted octanol–water partition coefficient (Wildman–Crippen LogP) is 3.19. The van der Waals surface area contributed by atoms with Gasteiger partial charge in [0.25, 0.3) is 0 Å². The van der Waals surface area contributed by atoms with Crippen molar-refractivity contribution in [2.75, 3.05) is 7.05 Å². The van der Waals surface area contributed by atoms with E-state index in [0.717, 1.165) is 22.7 Å². The van der Waals surface area contributed by atoms with Crippen LogP contribution in [0, 0.1) is 13.8 Å². The summed E-state index contributed by atoms with van der Waals surface area (Å²) in [6.45, 7) is 4.03. The molecule has 1 aromatic heterocycles. The van der Waals surface area contributed by atoms with Crippen LogP contribution in [0.3, 0.4) is 0 Å². The van der Waals surface area contributed by atoms with Crippen molar-refractivity contribution in [3.8, 4) is 0 Å². The third-order valence-electron chi connectivity index (χ3n) is 3.46. The second kappa shape index (κ2) is 5.76. The fourth-order valence-electron chi connectivity index (χ4n) is 2.28. The molecule has 2 rings (SSSR count). The van der Waals surface area contributed by atoms with Crippen LogP contribution < -0.4 is 5.32 Å². The molecule has 1 unspecified atom stereocenters. The zero-order valence-electron chi connectivity index (χ0n) is 11.9. The van der Waals surface area contributed by atoms with E-state index in [-0.39, 0.29) is 6.04 Å². The highest BCUT2D eigenvalue weighted by molar-refractivity contribution is 6.31. The van der Waals surface area contributed by atoms with Gasteiger partial charge in [-0.05, 0) is 44.2 Å². The van der Waals surface area contributed by atoms with E-state index in [4.69, 9.17) is 11.6 Å². The third-order valence-corrected chi connectivity index (χ3v) is 3.87. The predicted molar refractivity (Wildman–Crippen MR) is 79.6 cm³/mol. The molecule has 1 aromatic carbocycles. The molecule has 0 bridgehead atoms. The van der Waals surface area contributed by atoms with E-state index < -0.39 is 0 Å². The first-order chi connectivity index (χ1) is 9.01. The van der Waals surface area contributed by atoms with Gasteiger partial charge in [0.1, 0.15) is 0 Å². The van der Waals surface area contributed by atoms with E-state index in [2.05, 4.69) is 28.6 Å². The lowest BCUT2D eigenvalue weighted by Crippen LogP contribution is -2.20. The molecule has 3 nitrogen and oxygen atoms in total. The Morgan fingerprint density at radius 3 is 2.58 bits per heavy atom. The van der Waals surface area contributed by atoms with Gasteiger partial charge in [-0.2, -0.15) is 5.10 Å². The van der Waals surface area contributed by atoms with Crippen molar-refractivity contribution in [2.45, 2.75) is 26.3 Å². The second-order valence-corrected chi connectivity index (χ2v) is 5.36. The van der Waals surface area contributed by atoms with Gasteiger partial charge in [-0.15, -0.1) is 0 Å². The van der Waals surface area contributed by atoms with Crippen molar-refractivity contribution in [1.29, 1.82) is 0 Å². The molecule has 1 atom stereocenters. The Labute approximate surface area is 119 Å². The lowest BCUT2D eigenvalue weighted by atomic mass is 10.0. The van der Waals surface area contributed by atoms with E-state index in [9.17, 15) is 0 Å². The number of hydrogen-bond acceptors (Lipinski definition) is 2. The molecule has 0 aliphatic heterocycles. The van der Waals surface area contributed by atoms with Gasteiger partial charge < -0.3 is 5.32 Å². The molecule has 2 aromatic rings. The summed E-state index contributed by atoms with van der Waals surface area (Å²) in [5.74, 6) is 0. The van der Waals surface area contributed by atoms with E-state index in [1.807, 2.05) is 38.7 Å². The third kappa shape index (κ3) is 3.17. The fraction of sp³-hybridized carbons (Fsp3) is 0.400. The van der Waals surface area contributed by atoms with Gasteiger partial charge in [-0.3, -0.25) is 4.68 Å². The maximum atomic E-state index is 6.21. The molecule has 102 valence electrons. The minimum absolute atomic E-state index is 0.243. The Hall–Kier alpha value is -1.32. The molecule has 19 heavy (non-hydrogen) atoms. The summed E-state index contributed by atoms with van der Waals surface area (Å²) in [6.07, 6.45) is 0.896. The number of halogens is 1. The first-order valence-electron chi connectivity index (χ1n) is 6.44. The van der Waals surface area contributed by atoms with Crippen LogP contribution in [-0.4, -0.2) is 16.8 Å². The van der Waals surface area contributed by atoms with Crippen molar-refractivity contribution in [1.82, 2.24) is 15.1 Å². The highest BCUT2D eigenvalue weighted by Gasteiger charge is 2.14. The molecule has 0 spiro atoms. The normalized spacial score (nSPS) is 12.7. The molecule has 0 radical (unpaired) electrons. The Morgan fingerprint density at radius 2 is 2.05 bits per heavy atom. The van der Waals surface area contributed by atoms with Gasteiger partial charge in [0.15, 0.2) is 0 Å². The molecule has 0 saturated heterocycles. The number of likely N-dealkylation sites (N-methyl/N-ethyl adjacent to an activating group) is 1. The van der Waals surface area contributed by atoms with Crippen LogP contribution in [0.5, 0.6) is 0 Å². The number of rotatable bonds is 4. The lowest BCUT2D eigenvalue weighted by molar-refractivity contribution is 0.561. The van der Waals surface area contributed by atoms with Crippen molar-refractivity contribution < 1.29 is 0 Å². The Morgan fingerprint density at radius 1 is 1.32 bits per heavy atom. The van der Waals surface area contributed by atoms with Crippen LogP contribution >= 0.6 is 11.6 Å². The van der Waals surface area contributed by atoms with Crippen LogP contribution in [0.15, 0.2) is 24.3 Å². The van der Waals surface area contributed by atoms with Crippen molar-refractivity contribution >= 4 is 11.6 Å². The Balaban J connectivity index is 2.24. The topological polar surface area (TPSA) is 29.9 Å². The average molecular weight is 278 g/mol. The molecular formula is C15H20ClN3. The summed E-state index contributed by atoms with van der Waals surface area (Å²) >= 11 is 6.21. The molecule has 1 heterocycles. The first kappa shape index (κ1) is 14.1. The zero-order valence-corrected chi connectivity index (χ0v) is 12.6. The number of nitrogens with zero attached hydrogens (tertiary/aromatic N) is 2. The average Bonchev–Trinajstić information content (AvgIpc) is 2.68. The number of nitrogens with one attached hydrogen (secondary N) is 1. The van der Waals surface area contributed by atoms with E-state index in [1.165, 1.54) is 11.3 Å². The minimum atomic E-state index is 0.243. The van der Waals surface area contributed by atoms with Crippen molar-refractivity contribution in [3.05, 3.63) is 51.8 Å². The maximum absolute atomic E-state index is 6.21. The molecular weight excluding hydrogens is 258 g/mol. The first-order valence-corrected chi connectivity index (χ1v) is 6.82. The molecule has 0 aliphatic rings. The van der Waals surface area contributed by atoms with Gasteiger partial charge in [-0.1, -0.05) is 23.7 Å². The van der Waals surface area contributed by atoms with Gasteiger partial charge in [0.05, 0.1) is 5.69 Å². The molecule has 1 N–H and O–H groups in total. The summed E-state index contributed by atoms with van der Waals surface area (Å²) in [6, 6.07) is 8.61. The minimum Gasteiger partial charge on any atom is -0.313 e. The summed E-state index contributed by atoms with van der Waals surface area (Å²) in [5.41, 5.74) is 4.58. The van der Waals surface area contributed by atoms with Gasteiger partial charge in [0.2, 0.25) is 0 Å². The Kier molecular flexibility index (Phi) is 4.27. The monoisotopic (exact) mass is 277 g/mol. The molecule has 0 aliphatic carbocycles. The summed E-state index contributed by atoms with van der Waals surface area (Å²) < 4.78 is 1.94. The molecule has 0 fully saturated rings. The van der Waals surface area contributed by atoms with Gasteiger partial charge in [-0.25, -0.2) is 0 Å². The summed E-state index contributed by atoms with van der Waals surface area (Å²) in [5, 5.41) is 8.56. The van der Waals surface area contributed by atoms with Crippen LogP contribution in [0.25, 0.3) is 0 Å². The van der Waals surface area contributed by atoms with Crippen LogP contribution in [0.2, 0.25) is 5.02 Å². The van der Waals surface area contributed by atoms with E-state index in [0.29, 0.717) is 0 Å². The van der Waals surface area contributed by atoms with Gasteiger partial charge in [0, 0.05) is 30.2 Å². The summed E-state index contributed by atoms with van der Waals surface area (Å²) in [4.78, 5) is 0. The van der Waals surface area contributed by atoms with Crippen molar-refractivity contribution in [2.24, 2.45) is 7.05 Å². The van der Waals surface area contributed by atoms with Gasteiger partial charge >= 0.3 is 0 Å². The molecule has 0 amide bonds. The number of benzene rings is 1. The smallest absolute Gasteiger partial charge is 0.0596 e. The lowest BCUT2D eigenvalue weighted by Gasteiger charge is -2.17. The number of hydrogen-bond donors (Lipinski definition) is 1. The molecule has 4 heteroatoms. The largest absolute Gasteiger partial charge is 0.313 e. The highest BCUT2D eigenvalue weighted by atomic mass is 35.5. The standard InChI is InChI=1S/C15H20ClN3/c1-10-5-6-12(8-14(10)16)15(17-3)9-13-7-11(2)18-19(13)4/h5-8,15,17H,9H2,1-4H3. The second-order valence-electron chi connectivity index (χ2n) is 4.95.